The molecule has 23 heavy (non-hydrogen) atoms. The molecule has 0 radical (unpaired) electrons. The molecule has 3 atom stereocenters. The van der Waals surface area contributed by atoms with E-state index in [0.29, 0.717) is 6.54 Å². The van der Waals surface area contributed by atoms with Crippen LogP contribution in [0, 0.1) is 0 Å². The normalized spacial score (nSPS) is 28.2. The lowest BCUT2D eigenvalue weighted by atomic mass is 9.87. The van der Waals surface area contributed by atoms with E-state index in [0.717, 1.165) is 32.4 Å². The quantitative estimate of drug-likeness (QED) is 0.859. The monoisotopic (exact) mass is 316 g/mol. The number of nitrogens with zero attached hydrogens (tertiary/aromatic N) is 2. The minimum Gasteiger partial charge on any atom is -0.373 e. The van der Waals surface area contributed by atoms with Crippen molar-refractivity contribution in [1.82, 2.24) is 9.80 Å². The van der Waals surface area contributed by atoms with Crippen LogP contribution in [0.15, 0.2) is 24.3 Å². The molecule has 3 rings (SSSR count). The number of ether oxygens (including phenoxy) is 1. The van der Waals surface area contributed by atoms with Gasteiger partial charge in [-0.3, -0.25) is 9.69 Å². The van der Waals surface area contributed by atoms with Gasteiger partial charge in [0.05, 0.1) is 24.8 Å². The molecule has 0 saturated carbocycles. The van der Waals surface area contributed by atoms with E-state index in [2.05, 4.69) is 43.0 Å². The smallest absolute Gasteiger partial charge is 0.237 e. The van der Waals surface area contributed by atoms with Crippen molar-refractivity contribution >= 4 is 5.91 Å². The standard InChI is InChI=1S/C19H28N2O2/c1-14-11-21(12-15(2)23-14)13-19(22)20(3)18-10-6-8-16-7-4-5-9-17(16)18/h4-5,7,9,14-15,18H,6,8,10-13H2,1-3H3. The number of fused-ring (bicyclic) bond motifs is 1. The lowest BCUT2D eigenvalue weighted by Gasteiger charge is -2.38. The van der Waals surface area contributed by atoms with Gasteiger partial charge in [0.25, 0.3) is 0 Å². The predicted octanol–water partition coefficient (Wildman–Crippen LogP) is 2.63. The van der Waals surface area contributed by atoms with Gasteiger partial charge in [0.15, 0.2) is 0 Å². The highest BCUT2D eigenvalue weighted by Gasteiger charge is 2.29. The molecule has 0 spiro atoms. The minimum atomic E-state index is 0.201. The van der Waals surface area contributed by atoms with Crippen LogP contribution >= 0.6 is 0 Å². The summed E-state index contributed by atoms with van der Waals surface area (Å²) in [6.07, 6.45) is 3.76. The SMILES string of the molecule is CC1CN(CC(=O)N(C)C2CCCc3ccccc32)CC(C)O1. The van der Waals surface area contributed by atoms with Gasteiger partial charge in [0.1, 0.15) is 0 Å². The summed E-state index contributed by atoms with van der Waals surface area (Å²) in [7, 11) is 1.96. The number of hydrogen-bond acceptors (Lipinski definition) is 3. The van der Waals surface area contributed by atoms with E-state index < -0.39 is 0 Å². The maximum absolute atomic E-state index is 12.8. The summed E-state index contributed by atoms with van der Waals surface area (Å²) in [6, 6.07) is 8.79. The number of likely N-dealkylation sites (N-methyl/N-ethyl adjacent to an activating group) is 1. The van der Waals surface area contributed by atoms with Crippen LogP contribution in [-0.2, 0) is 16.0 Å². The second kappa shape index (κ2) is 7.02. The summed E-state index contributed by atoms with van der Waals surface area (Å²) in [5.74, 6) is 0.216. The molecule has 3 unspecified atom stereocenters. The van der Waals surface area contributed by atoms with Gasteiger partial charge in [-0.05, 0) is 44.2 Å². The Morgan fingerprint density at radius 2 is 1.96 bits per heavy atom. The highest BCUT2D eigenvalue weighted by atomic mass is 16.5. The van der Waals surface area contributed by atoms with E-state index >= 15 is 0 Å². The third-order valence-corrected chi connectivity index (χ3v) is 5.05. The van der Waals surface area contributed by atoms with Gasteiger partial charge < -0.3 is 9.64 Å². The summed E-state index contributed by atoms with van der Waals surface area (Å²) in [4.78, 5) is 17.0. The maximum Gasteiger partial charge on any atom is 0.237 e. The van der Waals surface area contributed by atoms with Gasteiger partial charge in [-0.15, -0.1) is 0 Å². The first-order chi connectivity index (χ1) is 11.0. The highest BCUT2D eigenvalue weighted by molar-refractivity contribution is 5.78. The molecule has 1 aromatic rings. The van der Waals surface area contributed by atoms with Crippen LogP contribution in [0.1, 0.15) is 43.9 Å². The molecule has 0 N–H and O–H groups in total. The van der Waals surface area contributed by atoms with Gasteiger partial charge in [0, 0.05) is 20.1 Å². The van der Waals surface area contributed by atoms with E-state index in [9.17, 15) is 4.79 Å². The molecule has 4 heteroatoms. The van der Waals surface area contributed by atoms with Crippen molar-refractivity contribution in [1.29, 1.82) is 0 Å². The fraction of sp³-hybridized carbons (Fsp3) is 0.632. The topological polar surface area (TPSA) is 32.8 Å². The third kappa shape index (κ3) is 3.75. The van der Waals surface area contributed by atoms with Crippen LogP contribution in [0.25, 0.3) is 0 Å². The highest BCUT2D eigenvalue weighted by Crippen LogP contribution is 2.33. The molecule has 2 aliphatic rings. The van der Waals surface area contributed by atoms with Crippen molar-refractivity contribution in [2.75, 3.05) is 26.7 Å². The molecule has 1 amide bonds. The van der Waals surface area contributed by atoms with Crippen molar-refractivity contribution in [2.45, 2.75) is 51.4 Å². The molecule has 1 heterocycles. The number of rotatable bonds is 3. The molecule has 1 aliphatic heterocycles. The predicted molar refractivity (Wildman–Crippen MR) is 91.3 cm³/mol. The average molecular weight is 316 g/mol. The number of morpholine rings is 1. The van der Waals surface area contributed by atoms with E-state index in [1.165, 1.54) is 11.1 Å². The fourth-order valence-electron chi connectivity index (χ4n) is 4.02. The second-order valence-corrected chi connectivity index (χ2v) is 7.06. The molecule has 1 aromatic carbocycles. The van der Waals surface area contributed by atoms with Gasteiger partial charge in [-0.25, -0.2) is 0 Å². The number of hydrogen-bond donors (Lipinski definition) is 0. The van der Waals surface area contributed by atoms with E-state index in [4.69, 9.17) is 4.74 Å². The van der Waals surface area contributed by atoms with Gasteiger partial charge in [-0.2, -0.15) is 0 Å². The number of amides is 1. The maximum atomic E-state index is 12.8. The second-order valence-electron chi connectivity index (χ2n) is 7.06. The molecule has 0 aromatic heterocycles. The largest absolute Gasteiger partial charge is 0.373 e. The van der Waals surface area contributed by atoms with E-state index in [1.54, 1.807) is 0 Å². The molecule has 1 saturated heterocycles. The van der Waals surface area contributed by atoms with Crippen molar-refractivity contribution in [2.24, 2.45) is 0 Å². The summed E-state index contributed by atoms with van der Waals surface area (Å²) in [6.45, 7) is 6.33. The molecule has 126 valence electrons. The average Bonchev–Trinajstić information content (AvgIpc) is 2.52. The van der Waals surface area contributed by atoms with Crippen LogP contribution in [0.4, 0.5) is 0 Å². The first-order valence-corrected chi connectivity index (χ1v) is 8.76. The van der Waals surface area contributed by atoms with Gasteiger partial charge in [-0.1, -0.05) is 24.3 Å². The zero-order chi connectivity index (χ0) is 16.4. The van der Waals surface area contributed by atoms with E-state index in [-0.39, 0.29) is 24.2 Å². The lowest BCUT2D eigenvalue weighted by Crippen LogP contribution is -2.49. The Morgan fingerprint density at radius 3 is 2.70 bits per heavy atom. The number of benzene rings is 1. The van der Waals surface area contributed by atoms with Crippen LogP contribution in [-0.4, -0.2) is 54.6 Å². The van der Waals surface area contributed by atoms with Gasteiger partial charge in [0.2, 0.25) is 5.91 Å². The van der Waals surface area contributed by atoms with Crippen LogP contribution in [0.2, 0.25) is 0 Å². The third-order valence-electron chi connectivity index (χ3n) is 5.05. The molecule has 1 aliphatic carbocycles. The van der Waals surface area contributed by atoms with Crippen molar-refractivity contribution in [3.05, 3.63) is 35.4 Å². The Hall–Kier alpha value is -1.39. The minimum absolute atomic E-state index is 0.201. The number of carbonyl (C=O) groups excluding carboxylic acids is 1. The Labute approximate surface area is 139 Å². The molecular weight excluding hydrogens is 288 g/mol. The Balaban J connectivity index is 1.66. The Kier molecular flexibility index (Phi) is 5.02. The molecule has 0 bridgehead atoms. The zero-order valence-corrected chi connectivity index (χ0v) is 14.5. The summed E-state index contributed by atoms with van der Waals surface area (Å²) in [5.41, 5.74) is 2.73. The van der Waals surface area contributed by atoms with Crippen LogP contribution in [0.5, 0.6) is 0 Å². The van der Waals surface area contributed by atoms with Gasteiger partial charge >= 0.3 is 0 Å². The van der Waals surface area contributed by atoms with Crippen molar-refractivity contribution in [3.8, 4) is 0 Å². The summed E-state index contributed by atoms with van der Waals surface area (Å²) >= 11 is 0. The zero-order valence-electron chi connectivity index (χ0n) is 14.5. The first kappa shape index (κ1) is 16.5. The molecule has 1 fully saturated rings. The van der Waals surface area contributed by atoms with Crippen molar-refractivity contribution in [3.63, 3.8) is 0 Å². The van der Waals surface area contributed by atoms with Crippen LogP contribution in [0.3, 0.4) is 0 Å². The Bertz CT molecular complexity index is 550. The lowest BCUT2D eigenvalue weighted by molar-refractivity contribution is -0.137. The Morgan fingerprint density at radius 1 is 1.26 bits per heavy atom. The van der Waals surface area contributed by atoms with Crippen molar-refractivity contribution < 1.29 is 9.53 Å². The van der Waals surface area contributed by atoms with E-state index in [1.807, 2.05) is 11.9 Å². The first-order valence-electron chi connectivity index (χ1n) is 8.76. The van der Waals surface area contributed by atoms with Crippen LogP contribution < -0.4 is 0 Å². The number of carbonyl (C=O) groups is 1. The molecular formula is C19H28N2O2. The number of aryl methyl sites for hydroxylation is 1. The summed E-state index contributed by atoms with van der Waals surface area (Å²) in [5, 5.41) is 0. The molecule has 4 nitrogen and oxygen atoms in total. The summed E-state index contributed by atoms with van der Waals surface area (Å²) < 4.78 is 5.75. The fourth-order valence-corrected chi connectivity index (χ4v) is 4.02.